The van der Waals surface area contributed by atoms with Gasteiger partial charge in [-0.15, -0.1) is 0 Å². The second kappa shape index (κ2) is 7.45. The fourth-order valence-corrected chi connectivity index (χ4v) is 4.92. The second-order valence-electron chi connectivity index (χ2n) is 6.79. The van der Waals surface area contributed by atoms with Gasteiger partial charge in [-0.25, -0.2) is 13.4 Å². The Kier molecular flexibility index (Phi) is 5.27. The van der Waals surface area contributed by atoms with Crippen LogP contribution in [0.15, 0.2) is 42.6 Å². The van der Waals surface area contributed by atoms with Crippen LogP contribution in [0.3, 0.4) is 0 Å². The number of aromatic nitrogens is 1. The van der Waals surface area contributed by atoms with Crippen molar-refractivity contribution in [2.24, 2.45) is 0 Å². The van der Waals surface area contributed by atoms with Gasteiger partial charge < -0.3 is 10.2 Å². The standard InChI is InChI=1S/C19H23N3O3S/c1-14-4-3-5-15(10-14)11-19(23)21-16-6-7-18(20-12-16)22(2)17-8-9-26(24,25)13-17/h3-7,10,12,17H,8-9,11,13H2,1-2H3,(H,21,23). The molecule has 0 bridgehead atoms. The summed E-state index contributed by atoms with van der Waals surface area (Å²) in [5.41, 5.74) is 2.71. The van der Waals surface area contributed by atoms with Crippen LogP contribution in [0.4, 0.5) is 11.5 Å². The molecule has 1 atom stereocenters. The molecular formula is C19H23N3O3S. The van der Waals surface area contributed by atoms with Gasteiger partial charge in [0.15, 0.2) is 9.84 Å². The zero-order valence-electron chi connectivity index (χ0n) is 15.0. The fourth-order valence-electron chi connectivity index (χ4n) is 3.15. The molecule has 1 fully saturated rings. The summed E-state index contributed by atoms with van der Waals surface area (Å²) in [5.74, 6) is 0.999. The van der Waals surface area contributed by atoms with Crippen LogP contribution in [0, 0.1) is 6.92 Å². The van der Waals surface area contributed by atoms with Gasteiger partial charge in [0.05, 0.1) is 29.8 Å². The van der Waals surface area contributed by atoms with E-state index < -0.39 is 9.84 Å². The van der Waals surface area contributed by atoms with Crippen LogP contribution in [0.25, 0.3) is 0 Å². The first-order valence-electron chi connectivity index (χ1n) is 8.57. The molecule has 0 saturated carbocycles. The highest BCUT2D eigenvalue weighted by Crippen LogP contribution is 2.22. The second-order valence-corrected chi connectivity index (χ2v) is 9.02. The average molecular weight is 373 g/mol. The predicted octanol–water partition coefficient (Wildman–Crippen LogP) is 2.19. The molecule has 3 rings (SSSR count). The zero-order valence-corrected chi connectivity index (χ0v) is 15.8. The number of sulfone groups is 1. The smallest absolute Gasteiger partial charge is 0.228 e. The molecule has 0 spiro atoms. The summed E-state index contributed by atoms with van der Waals surface area (Å²) >= 11 is 0. The van der Waals surface area contributed by atoms with Crippen molar-refractivity contribution in [2.75, 3.05) is 28.8 Å². The molecular weight excluding hydrogens is 350 g/mol. The summed E-state index contributed by atoms with van der Waals surface area (Å²) in [6.07, 6.45) is 2.53. The normalized spacial score (nSPS) is 18.5. The van der Waals surface area contributed by atoms with E-state index in [1.165, 1.54) is 0 Å². The van der Waals surface area contributed by atoms with Crippen molar-refractivity contribution in [3.63, 3.8) is 0 Å². The Morgan fingerprint density at radius 1 is 1.31 bits per heavy atom. The molecule has 1 unspecified atom stereocenters. The van der Waals surface area contributed by atoms with E-state index in [2.05, 4.69) is 10.3 Å². The van der Waals surface area contributed by atoms with Crippen molar-refractivity contribution in [3.05, 3.63) is 53.7 Å². The molecule has 2 heterocycles. The molecule has 138 valence electrons. The van der Waals surface area contributed by atoms with E-state index in [4.69, 9.17) is 0 Å². The van der Waals surface area contributed by atoms with E-state index in [0.717, 1.165) is 11.1 Å². The number of carbonyl (C=O) groups is 1. The van der Waals surface area contributed by atoms with E-state index in [0.29, 0.717) is 24.3 Å². The van der Waals surface area contributed by atoms with E-state index in [1.54, 1.807) is 18.3 Å². The van der Waals surface area contributed by atoms with Crippen molar-refractivity contribution < 1.29 is 13.2 Å². The molecule has 7 heteroatoms. The number of amides is 1. The minimum atomic E-state index is -2.93. The lowest BCUT2D eigenvalue weighted by Crippen LogP contribution is -2.33. The number of carbonyl (C=O) groups excluding carboxylic acids is 1. The van der Waals surface area contributed by atoms with E-state index >= 15 is 0 Å². The summed E-state index contributed by atoms with van der Waals surface area (Å²) in [5, 5.41) is 2.84. The largest absolute Gasteiger partial charge is 0.356 e. The van der Waals surface area contributed by atoms with Gasteiger partial charge >= 0.3 is 0 Å². The van der Waals surface area contributed by atoms with Gasteiger partial charge in [0, 0.05) is 13.1 Å². The van der Waals surface area contributed by atoms with E-state index in [9.17, 15) is 13.2 Å². The third-order valence-corrected chi connectivity index (χ3v) is 6.35. The molecule has 26 heavy (non-hydrogen) atoms. The number of hydrogen-bond donors (Lipinski definition) is 1. The lowest BCUT2D eigenvalue weighted by Gasteiger charge is -2.24. The molecule has 1 aliphatic heterocycles. The van der Waals surface area contributed by atoms with Gasteiger partial charge in [0.25, 0.3) is 0 Å². The quantitative estimate of drug-likeness (QED) is 0.869. The Morgan fingerprint density at radius 3 is 2.73 bits per heavy atom. The molecule has 2 aromatic rings. The van der Waals surface area contributed by atoms with Crippen molar-refractivity contribution in [2.45, 2.75) is 25.8 Å². The van der Waals surface area contributed by atoms with E-state index in [1.807, 2.05) is 43.1 Å². The van der Waals surface area contributed by atoms with Gasteiger partial charge in [-0.05, 0) is 31.0 Å². The Bertz CT molecular complexity index is 895. The molecule has 1 aliphatic rings. The maximum atomic E-state index is 12.2. The van der Waals surface area contributed by atoms with Gasteiger partial charge in [0.1, 0.15) is 5.82 Å². The molecule has 1 N–H and O–H groups in total. The first kappa shape index (κ1) is 18.4. The van der Waals surface area contributed by atoms with Crippen molar-refractivity contribution in [1.29, 1.82) is 0 Å². The molecule has 0 radical (unpaired) electrons. The van der Waals surface area contributed by atoms with Gasteiger partial charge in [-0.3, -0.25) is 4.79 Å². The maximum Gasteiger partial charge on any atom is 0.228 e. The number of hydrogen-bond acceptors (Lipinski definition) is 5. The SMILES string of the molecule is Cc1cccc(CC(=O)Nc2ccc(N(C)C3CCS(=O)(=O)C3)nc2)c1. The number of rotatable bonds is 5. The van der Waals surface area contributed by atoms with Crippen molar-refractivity contribution in [1.82, 2.24) is 4.98 Å². The Morgan fingerprint density at radius 2 is 2.12 bits per heavy atom. The highest BCUT2D eigenvalue weighted by Gasteiger charge is 2.31. The number of nitrogens with zero attached hydrogens (tertiary/aromatic N) is 2. The van der Waals surface area contributed by atoms with Crippen molar-refractivity contribution in [3.8, 4) is 0 Å². The highest BCUT2D eigenvalue weighted by molar-refractivity contribution is 7.91. The summed E-state index contributed by atoms with van der Waals surface area (Å²) in [6.45, 7) is 2.00. The van der Waals surface area contributed by atoms with Crippen LogP contribution in [0.2, 0.25) is 0 Å². The van der Waals surface area contributed by atoms with Gasteiger partial charge in [0.2, 0.25) is 5.91 Å². The minimum Gasteiger partial charge on any atom is -0.356 e. The molecule has 1 saturated heterocycles. The number of benzene rings is 1. The molecule has 6 nitrogen and oxygen atoms in total. The zero-order chi connectivity index (χ0) is 18.7. The summed E-state index contributed by atoms with van der Waals surface area (Å²) in [7, 11) is -1.08. The monoisotopic (exact) mass is 373 g/mol. The number of anilines is 2. The van der Waals surface area contributed by atoms with Crippen LogP contribution in [-0.4, -0.2) is 43.9 Å². The van der Waals surface area contributed by atoms with Gasteiger partial charge in [-0.2, -0.15) is 0 Å². The van der Waals surface area contributed by atoms with Crippen LogP contribution < -0.4 is 10.2 Å². The Labute approximate surface area is 154 Å². The van der Waals surface area contributed by atoms with Crippen LogP contribution in [0.5, 0.6) is 0 Å². The molecule has 1 aromatic carbocycles. The first-order valence-corrected chi connectivity index (χ1v) is 10.4. The first-order chi connectivity index (χ1) is 12.3. The van der Waals surface area contributed by atoms with Gasteiger partial charge in [-0.1, -0.05) is 29.8 Å². The number of aryl methyl sites for hydroxylation is 1. The third-order valence-electron chi connectivity index (χ3n) is 4.60. The third kappa shape index (κ3) is 4.60. The summed E-state index contributed by atoms with van der Waals surface area (Å²) in [4.78, 5) is 18.4. The predicted molar refractivity (Wildman–Crippen MR) is 103 cm³/mol. The summed E-state index contributed by atoms with van der Waals surface area (Å²) in [6, 6.07) is 11.4. The Hall–Kier alpha value is -2.41. The Balaban J connectivity index is 1.60. The maximum absolute atomic E-state index is 12.2. The van der Waals surface area contributed by atoms with Crippen LogP contribution in [-0.2, 0) is 21.1 Å². The fraction of sp³-hybridized carbons (Fsp3) is 0.368. The topological polar surface area (TPSA) is 79.4 Å². The highest BCUT2D eigenvalue weighted by atomic mass is 32.2. The number of pyridine rings is 1. The van der Waals surface area contributed by atoms with Crippen molar-refractivity contribution >= 4 is 27.2 Å². The van der Waals surface area contributed by atoms with Crippen LogP contribution >= 0.6 is 0 Å². The number of nitrogens with one attached hydrogen (secondary N) is 1. The molecule has 1 amide bonds. The lowest BCUT2D eigenvalue weighted by atomic mass is 10.1. The van der Waals surface area contributed by atoms with Crippen LogP contribution in [0.1, 0.15) is 17.5 Å². The lowest BCUT2D eigenvalue weighted by molar-refractivity contribution is -0.115. The average Bonchev–Trinajstić information content (AvgIpc) is 2.95. The molecule has 0 aliphatic carbocycles. The molecule has 1 aromatic heterocycles. The minimum absolute atomic E-state index is 0.0470. The van der Waals surface area contributed by atoms with E-state index in [-0.39, 0.29) is 23.5 Å². The summed E-state index contributed by atoms with van der Waals surface area (Å²) < 4.78 is 23.3.